The minimum atomic E-state index is -1.16. The zero-order valence-corrected chi connectivity index (χ0v) is 10.1. The molecule has 0 saturated heterocycles. The average Bonchev–Trinajstić information content (AvgIpc) is 2.85. The fraction of sp³-hybridized carbons (Fsp3) is 0.231. The van der Waals surface area contributed by atoms with E-state index in [1.807, 2.05) is 6.07 Å². The molecule has 0 aliphatic rings. The van der Waals surface area contributed by atoms with Crippen LogP contribution in [0.15, 0.2) is 30.5 Å². The van der Waals surface area contributed by atoms with Crippen molar-refractivity contribution in [3.05, 3.63) is 36.0 Å². The first-order valence-corrected chi connectivity index (χ1v) is 5.83. The van der Waals surface area contributed by atoms with E-state index in [0.29, 0.717) is 5.56 Å². The summed E-state index contributed by atoms with van der Waals surface area (Å²) in [5.74, 6) is -1.64. The zero-order chi connectivity index (χ0) is 13.8. The number of carboxylic acid groups (broad SMARTS) is 1. The number of aromatic nitrogens is 1. The van der Waals surface area contributed by atoms with Gasteiger partial charge in [0.1, 0.15) is 6.04 Å². The highest BCUT2D eigenvalue weighted by molar-refractivity contribution is 5.99. The number of carbonyl (C=O) groups is 2. The van der Waals surface area contributed by atoms with Gasteiger partial charge in [-0.25, -0.2) is 4.79 Å². The van der Waals surface area contributed by atoms with Gasteiger partial charge in [-0.15, -0.1) is 0 Å². The summed E-state index contributed by atoms with van der Waals surface area (Å²) >= 11 is 0. The molecule has 0 bridgehead atoms. The van der Waals surface area contributed by atoms with Gasteiger partial charge in [-0.3, -0.25) is 4.79 Å². The van der Waals surface area contributed by atoms with Gasteiger partial charge in [0.05, 0.1) is 0 Å². The molecule has 2 aromatic rings. The molecule has 1 heterocycles. The molecule has 0 aliphatic carbocycles. The molecule has 19 heavy (non-hydrogen) atoms. The molecule has 1 amide bonds. The van der Waals surface area contributed by atoms with E-state index in [1.54, 1.807) is 24.4 Å². The second-order valence-electron chi connectivity index (χ2n) is 4.16. The van der Waals surface area contributed by atoms with Crippen LogP contribution in [0.3, 0.4) is 0 Å². The zero-order valence-electron chi connectivity index (χ0n) is 10.1. The lowest BCUT2D eigenvalue weighted by molar-refractivity contribution is -0.139. The van der Waals surface area contributed by atoms with Crippen LogP contribution in [-0.2, 0) is 4.79 Å². The van der Waals surface area contributed by atoms with Gasteiger partial charge < -0.3 is 20.5 Å². The largest absolute Gasteiger partial charge is 0.480 e. The number of H-pyrrole nitrogens is 1. The van der Waals surface area contributed by atoms with E-state index in [1.165, 1.54) is 0 Å². The summed E-state index contributed by atoms with van der Waals surface area (Å²) in [4.78, 5) is 25.8. The van der Waals surface area contributed by atoms with E-state index in [-0.39, 0.29) is 13.0 Å². The maximum Gasteiger partial charge on any atom is 0.326 e. The molecule has 6 heteroatoms. The molecule has 0 aliphatic heterocycles. The van der Waals surface area contributed by atoms with Crippen LogP contribution in [0, 0.1) is 0 Å². The van der Waals surface area contributed by atoms with E-state index in [2.05, 4.69) is 10.3 Å². The van der Waals surface area contributed by atoms with Crippen molar-refractivity contribution in [2.75, 3.05) is 6.61 Å². The van der Waals surface area contributed by atoms with Crippen LogP contribution in [0.4, 0.5) is 0 Å². The SMILES string of the molecule is O=C(N[C@H](CCO)C(=O)O)c1ccc2cc[nH]c2c1. The molecule has 100 valence electrons. The number of rotatable bonds is 5. The number of aromatic amines is 1. The third kappa shape index (κ3) is 2.92. The van der Waals surface area contributed by atoms with Crippen LogP contribution in [0.5, 0.6) is 0 Å². The lowest BCUT2D eigenvalue weighted by atomic mass is 10.1. The van der Waals surface area contributed by atoms with Gasteiger partial charge in [0.2, 0.25) is 0 Å². The Morgan fingerprint density at radius 1 is 1.32 bits per heavy atom. The molecule has 0 fully saturated rings. The molecule has 4 N–H and O–H groups in total. The third-order valence-corrected chi connectivity index (χ3v) is 2.84. The highest BCUT2D eigenvalue weighted by atomic mass is 16.4. The Kier molecular flexibility index (Phi) is 3.82. The fourth-order valence-electron chi connectivity index (χ4n) is 1.82. The molecule has 2 rings (SSSR count). The first-order valence-electron chi connectivity index (χ1n) is 5.83. The Hall–Kier alpha value is -2.34. The van der Waals surface area contributed by atoms with Crippen LogP contribution in [0.1, 0.15) is 16.8 Å². The van der Waals surface area contributed by atoms with Crippen molar-refractivity contribution < 1.29 is 19.8 Å². The third-order valence-electron chi connectivity index (χ3n) is 2.84. The van der Waals surface area contributed by atoms with Crippen molar-refractivity contribution in [2.45, 2.75) is 12.5 Å². The van der Waals surface area contributed by atoms with Gasteiger partial charge in [0.25, 0.3) is 5.91 Å². The number of hydrogen-bond donors (Lipinski definition) is 4. The number of aliphatic carboxylic acids is 1. The first-order chi connectivity index (χ1) is 9.11. The van der Waals surface area contributed by atoms with E-state index in [4.69, 9.17) is 10.2 Å². The topological polar surface area (TPSA) is 102 Å². The van der Waals surface area contributed by atoms with Gasteiger partial charge >= 0.3 is 5.97 Å². The van der Waals surface area contributed by atoms with Crippen molar-refractivity contribution in [2.24, 2.45) is 0 Å². The van der Waals surface area contributed by atoms with Gasteiger partial charge in [0, 0.05) is 30.3 Å². The van der Waals surface area contributed by atoms with Crippen LogP contribution in [0.2, 0.25) is 0 Å². The van der Waals surface area contributed by atoms with E-state index < -0.39 is 17.9 Å². The number of benzene rings is 1. The average molecular weight is 262 g/mol. The van der Waals surface area contributed by atoms with Crippen molar-refractivity contribution in [3.63, 3.8) is 0 Å². The minimum absolute atomic E-state index is 0.0220. The van der Waals surface area contributed by atoms with Gasteiger partial charge in [-0.2, -0.15) is 0 Å². The van der Waals surface area contributed by atoms with Gasteiger partial charge in [0.15, 0.2) is 0 Å². The molecular weight excluding hydrogens is 248 g/mol. The Labute approximate surface area is 109 Å². The van der Waals surface area contributed by atoms with Gasteiger partial charge in [-0.05, 0) is 23.6 Å². The number of aliphatic hydroxyl groups is 1. The second-order valence-corrected chi connectivity index (χ2v) is 4.16. The number of carboxylic acids is 1. The number of carbonyl (C=O) groups excluding carboxylic acids is 1. The number of fused-ring (bicyclic) bond motifs is 1. The summed E-state index contributed by atoms with van der Waals surface area (Å²) in [5, 5.41) is 21.0. The summed E-state index contributed by atoms with van der Waals surface area (Å²) in [6, 6.07) is 5.86. The quantitative estimate of drug-likeness (QED) is 0.638. The number of aliphatic hydroxyl groups excluding tert-OH is 1. The first kappa shape index (κ1) is 13.1. The van der Waals surface area contributed by atoms with Gasteiger partial charge in [-0.1, -0.05) is 6.07 Å². The monoisotopic (exact) mass is 262 g/mol. The predicted octanol–water partition coefficient (Wildman–Crippen LogP) is 0.733. The maximum atomic E-state index is 11.9. The molecule has 1 aromatic heterocycles. The number of amides is 1. The molecule has 6 nitrogen and oxygen atoms in total. The summed E-state index contributed by atoms with van der Waals surface area (Å²) in [5.41, 5.74) is 1.18. The summed E-state index contributed by atoms with van der Waals surface area (Å²) in [7, 11) is 0. The predicted molar refractivity (Wildman–Crippen MR) is 68.9 cm³/mol. The van der Waals surface area contributed by atoms with E-state index >= 15 is 0 Å². The number of hydrogen-bond acceptors (Lipinski definition) is 3. The standard InChI is InChI=1S/C13H14N2O4/c16-6-4-10(13(18)19)15-12(17)9-2-1-8-3-5-14-11(8)7-9/h1-3,5,7,10,14,16H,4,6H2,(H,15,17)(H,18,19)/t10-/m1/s1. The summed E-state index contributed by atoms with van der Waals surface area (Å²) < 4.78 is 0. The lowest BCUT2D eigenvalue weighted by Crippen LogP contribution is -2.41. The highest BCUT2D eigenvalue weighted by Crippen LogP contribution is 2.14. The number of nitrogens with one attached hydrogen (secondary N) is 2. The van der Waals surface area contributed by atoms with Crippen molar-refractivity contribution in [1.29, 1.82) is 0 Å². The lowest BCUT2D eigenvalue weighted by Gasteiger charge is -2.13. The second kappa shape index (κ2) is 5.53. The Balaban J connectivity index is 2.16. The maximum absolute atomic E-state index is 11.9. The van der Waals surface area contributed by atoms with Crippen LogP contribution in [-0.4, -0.2) is 39.7 Å². The smallest absolute Gasteiger partial charge is 0.326 e. The normalized spacial score (nSPS) is 12.3. The summed E-state index contributed by atoms with van der Waals surface area (Å²) in [6.07, 6.45) is 1.74. The highest BCUT2D eigenvalue weighted by Gasteiger charge is 2.20. The van der Waals surface area contributed by atoms with E-state index in [9.17, 15) is 9.59 Å². The van der Waals surface area contributed by atoms with Crippen molar-refractivity contribution in [1.82, 2.24) is 10.3 Å². The van der Waals surface area contributed by atoms with Crippen molar-refractivity contribution >= 4 is 22.8 Å². The van der Waals surface area contributed by atoms with Crippen LogP contribution in [0.25, 0.3) is 10.9 Å². The molecule has 0 spiro atoms. The molecule has 0 saturated carbocycles. The molecule has 1 aromatic carbocycles. The Bertz CT molecular complexity index is 605. The van der Waals surface area contributed by atoms with Crippen LogP contribution < -0.4 is 5.32 Å². The molecule has 0 unspecified atom stereocenters. The molecule has 1 atom stereocenters. The molecule has 0 radical (unpaired) electrons. The van der Waals surface area contributed by atoms with Crippen molar-refractivity contribution in [3.8, 4) is 0 Å². The Morgan fingerprint density at radius 3 is 2.79 bits per heavy atom. The van der Waals surface area contributed by atoms with Crippen LogP contribution >= 0.6 is 0 Å². The molecular formula is C13H14N2O4. The minimum Gasteiger partial charge on any atom is -0.480 e. The Morgan fingerprint density at radius 2 is 2.11 bits per heavy atom. The summed E-state index contributed by atoms with van der Waals surface area (Å²) in [6.45, 7) is -0.299. The fourth-order valence-corrected chi connectivity index (χ4v) is 1.82. The van der Waals surface area contributed by atoms with E-state index in [0.717, 1.165) is 10.9 Å².